The number of hydrogen-bond acceptors (Lipinski definition) is 2. The van der Waals surface area contributed by atoms with E-state index in [1.54, 1.807) is 0 Å². The SMILES string of the molecule is C#CC(C)OP(=O)(O)CC=C. The first kappa shape index (κ1) is 10.4. The van der Waals surface area contributed by atoms with Crippen LogP contribution < -0.4 is 0 Å². The van der Waals surface area contributed by atoms with Crippen molar-refractivity contribution in [1.82, 2.24) is 0 Å². The fraction of sp³-hybridized carbons (Fsp3) is 0.429. The third-order valence-corrected chi connectivity index (χ3v) is 2.28. The summed E-state index contributed by atoms with van der Waals surface area (Å²) in [6.07, 6.45) is 5.56. The Morgan fingerprint density at radius 1 is 2.00 bits per heavy atom. The lowest BCUT2D eigenvalue weighted by atomic mass is 10.4. The molecule has 11 heavy (non-hydrogen) atoms. The average Bonchev–Trinajstić information content (AvgIpc) is 1.86. The van der Waals surface area contributed by atoms with Gasteiger partial charge < -0.3 is 4.89 Å². The lowest BCUT2D eigenvalue weighted by molar-refractivity contribution is 0.234. The Morgan fingerprint density at radius 3 is 2.91 bits per heavy atom. The second-order valence-electron chi connectivity index (χ2n) is 2.02. The molecule has 0 aromatic rings. The van der Waals surface area contributed by atoms with Crippen molar-refractivity contribution in [2.45, 2.75) is 13.0 Å². The quantitative estimate of drug-likeness (QED) is 0.398. The Hall–Kier alpha value is -0.550. The molecule has 0 rings (SSSR count). The van der Waals surface area contributed by atoms with Gasteiger partial charge >= 0.3 is 7.60 Å². The zero-order chi connectivity index (χ0) is 8.91. The fourth-order valence-corrected chi connectivity index (χ4v) is 1.45. The molecular weight excluding hydrogens is 163 g/mol. The van der Waals surface area contributed by atoms with Crippen LogP contribution in [-0.4, -0.2) is 17.2 Å². The van der Waals surface area contributed by atoms with Crippen LogP contribution in [-0.2, 0) is 9.09 Å². The van der Waals surface area contributed by atoms with Crippen molar-refractivity contribution < 1.29 is 14.0 Å². The minimum absolute atomic E-state index is 0.0704. The molecule has 0 saturated carbocycles. The zero-order valence-corrected chi connectivity index (χ0v) is 7.25. The molecule has 0 aliphatic rings. The zero-order valence-electron chi connectivity index (χ0n) is 6.36. The molecule has 0 heterocycles. The van der Waals surface area contributed by atoms with E-state index in [0.29, 0.717) is 0 Å². The van der Waals surface area contributed by atoms with Crippen molar-refractivity contribution in [1.29, 1.82) is 0 Å². The summed E-state index contributed by atoms with van der Waals surface area (Å²) < 4.78 is 15.6. The van der Waals surface area contributed by atoms with Gasteiger partial charge in [-0.1, -0.05) is 12.0 Å². The van der Waals surface area contributed by atoms with E-state index in [9.17, 15) is 4.57 Å². The van der Waals surface area contributed by atoms with Gasteiger partial charge in [0.1, 0.15) is 6.10 Å². The molecule has 0 radical (unpaired) electrons. The van der Waals surface area contributed by atoms with Gasteiger partial charge in [-0.25, -0.2) is 0 Å². The molecule has 0 aromatic carbocycles. The molecule has 0 amide bonds. The summed E-state index contributed by atoms with van der Waals surface area (Å²) in [6, 6.07) is 0. The van der Waals surface area contributed by atoms with E-state index < -0.39 is 13.7 Å². The normalized spacial score (nSPS) is 17.9. The molecule has 0 aliphatic carbocycles. The number of terminal acetylenes is 1. The maximum Gasteiger partial charge on any atom is 0.333 e. The number of allylic oxidation sites excluding steroid dienone is 1. The van der Waals surface area contributed by atoms with E-state index in [-0.39, 0.29) is 6.16 Å². The Balaban J connectivity index is 4.03. The van der Waals surface area contributed by atoms with Gasteiger partial charge in [0, 0.05) is 0 Å². The van der Waals surface area contributed by atoms with Crippen molar-refractivity contribution in [3.05, 3.63) is 12.7 Å². The molecule has 0 fully saturated rings. The van der Waals surface area contributed by atoms with E-state index in [1.807, 2.05) is 0 Å². The highest BCUT2D eigenvalue weighted by Crippen LogP contribution is 2.42. The molecule has 0 bridgehead atoms. The summed E-state index contributed by atoms with van der Waals surface area (Å²) in [5, 5.41) is 0. The topological polar surface area (TPSA) is 46.5 Å². The van der Waals surface area contributed by atoms with E-state index in [4.69, 9.17) is 11.3 Å². The van der Waals surface area contributed by atoms with Crippen molar-refractivity contribution in [3.8, 4) is 12.3 Å². The van der Waals surface area contributed by atoms with Crippen LogP contribution >= 0.6 is 7.60 Å². The predicted octanol–water partition coefficient (Wildman–Crippen LogP) is 1.40. The monoisotopic (exact) mass is 174 g/mol. The maximum absolute atomic E-state index is 10.9. The smallest absolute Gasteiger partial charge is 0.324 e. The van der Waals surface area contributed by atoms with Gasteiger partial charge in [-0.3, -0.25) is 9.09 Å². The third kappa shape index (κ3) is 4.80. The Morgan fingerprint density at radius 2 is 2.55 bits per heavy atom. The summed E-state index contributed by atoms with van der Waals surface area (Å²) in [5.74, 6) is 2.19. The molecule has 0 aliphatic heterocycles. The van der Waals surface area contributed by atoms with Crippen molar-refractivity contribution in [2.24, 2.45) is 0 Å². The van der Waals surface area contributed by atoms with Crippen molar-refractivity contribution in [2.75, 3.05) is 6.16 Å². The molecule has 62 valence electrons. The largest absolute Gasteiger partial charge is 0.333 e. The molecule has 3 nitrogen and oxygen atoms in total. The first-order valence-corrected chi connectivity index (χ1v) is 4.85. The summed E-state index contributed by atoms with van der Waals surface area (Å²) in [4.78, 5) is 8.98. The Kier molecular flexibility index (Phi) is 4.14. The van der Waals surface area contributed by atoms with Gasteiger partial charge in [0.15, 0.2) is 0 Å². The maximum atomic E-state index is 10.9. The summed E-state index contributed by atoms with van der Waals surface area (Å²) in [6.45, 7) is 4.85. The first-order valence-electron chi connectivity index (χ1n) is 3.09. The van der Waals surface area contributed by atoms with E-state index in [0.717, 1.165) is 0 Å². The van der Waals surface area contributed by atoms with Gasteiger partial charge in [0.25, 0.3) is 0 Å². The van der Waals surface area contributed by atoms with Crippen LogP contribution in [0.1, 0.15) is 6.92 Å². The minimum Gasteiger partial charge on any atom is -0.324 e. The molecule has 2 atom stereocenters. The lowest BCUT2D eigenvalue weighted by Gasteiger charge is -2.11. The van der Waals surface area contributed by atoms with Crippen molar-refractivity contribution in [3.63, 3.8) is 0 Å². The standard InChI is InChI=1S/C7H11O3P/c1-4-6-11(8,9)10-7(3)5-2/h2,4,7H,1,6H2,3H3,(H,8,9). The van der Waals surface area contributed by atoms with Crippen LogP contribution in [0.5, 0.6) is 0 Å². The average molecular weight is 174 g/mol. The second-order valence-corrected chi connectivity index (χ2v) is 3.87. The summed E-state index contributed by atoms with van der Waals surface area (Å²) >= 11 is 0. The highest BCUT2D eigenvalue weighted by Gasteiger charge is 2.19. The summed E-state index contributed by atoms with van der Waals surface area (Å²) in [7, 11) is -3.53. The first-order chi connectivity index (χ1) is 5.02. The van der Waals surface area contributed by atoms with Crippen LogP contribution in [0.25, 0.3) is 0 Å². The highest BCUT2D eigenvalue weighted by atomic mass is 31.2. The van der Waals surface area contributed by atoms with Gasteiger partial charge in [-0.05, 0) is 6.92 Å². The molecule has 2 unspecified atom stereocenters. The van der Waals surface area contributed by atoms with Crippen LogP contribution in [0, 0.1) is 12.3 Å². The molecule has 4 heteroatoms. The summed E-state index contributed by atoms with van der Waals surface area (Å²) in [5.41, 5.74) is 0. The highest BCUT2D eigenvalue weighted by molar-refractivity contribution is 7.53. The fourth-order valence-electron chi connectivity index (χ4n) is 0.484. The lowest BCUT2D eigenvalue weighted by Crippen LogP contribution is -2.03. The van der Waals surface area contributed by atoms with Crippen LogP contribution in [0.4, 0.5) is 0 Å². The van der Waals surface area contributed by atoms with Gasteiger partial charge in [-0.15, -0.1) is 13.0 Å². The van der Waals surface area contributed by atoms with Gasteiger partial charge in [0.05, 0.1) is 6.16 Å². The third-order valence-electron chi connectivity index (χ3n) is 0.917. The van der Waals surface area contributed by atoms with Crippen molar-refractivity contribution >= 4 is 7.60 Å². The van der Waals surface area contributed by atoms with Gasteiger partial charge in [-0.2, -0.15) is 0 Å². The molecule has 0 aromatic heterocycles. The Labute approximate surface area is 66.6 Å². The van der Waals surface area contributed by atoms with Crippen LogP contribution in [0.2, 0.25) is 0 Å². The van der Waals surface area contributed by atoms with Crippen LogP contribution in [0.3, 0.4) is 0 Å². The predicted molar refractivity (Wildman–Crippen MR) is 44.3 cm³/mol. The van der Waals surface area contributed by atoms with E-state index in [2.05, 4.69) is 17.0 Å². The number of rotatable bonds is 4. The molecular formula is C7H11O3P. The number of hydrogen-bond donors (Lipinski definition) is 1. The van der Waals surface area contributed by atoms with E-state index in [1.165, 1.54) is 13.0 Å². The Bertz CT molecular complexity index is 216. The second kappa shape index (κ2) is 4.35. The van der Waals surface area contributed by atoms with Crippen LogP contribution in [0.15, 0.2) is 12.7 Å². The molecule has 0 saturated heterocycles. The molecule has 1 N–H and O–H groups in total. The minimum atomic E-state index is -3.53. The van der Waals surface area contributed by atoms with Gasteiger partial charge in [0.2, 0.25) is 0 Å². The van der Waals surface area contributed by atoms with E-state index >= 15 is 0 Å². The molecule has 0 spiro atoms.